The van der Waals surface area contributed by atoms with Crippen molar-refractivity contribution in [3.63, 3.8) is 0 Å². The zero-order chi connectivity index (χ0) is 17.8. The number of nitrogens with zero attached hydrogens (tertiary/aromatic N) is 1. The van der Waals surface area contributed by atoms with Crippen molar-refractivity contribution in [2.24, 2.45) is 0 Å². The molecule has 25 heavy (non-hydrogen) atoms. The van der Waals surface area contributed by atoms with E-state index < -0.39 is 0 Å². The summed E-state index contributed by atoms with van der Waals surface area (Å²) in [7, 11) is 0. The molecule has 132 valence electrons. The Hall–Kier alpha value is -2.17. The van der Waals surface area contributed by atoms with E-state index in [-0.39, 0.29) is 5.78 Å². The molecule has 1 aliphatic heterocycles. The molecule has 0 spiro atoms. The fourth-order valence-electron chi connectivity index (χ4n) is 3.46. The van der Waals surface area contributed by atoms with Crippen molar-refractivity contribution in [3.8, 4) is 0 Å². The summed E-state index contributed by atoms with van der Waals surface area (Å²) in [6, 6.07) is 5.77. The Labute approximate surface area is 149 Å². The van der Waals surface area contributed by atoms with Crippen LogP contribution in [0.3, 0.4) is 0 Å². The summed E-state index contributed by atoms with van der Waals surface area (Å²) in [5, 5.41) is 0. The highest BCUT2D eigenvalue weighted by atomic mass is 16.5. The number of carbonyl (C=O) groups excluding carboxylic acids is 1. The largest absolute Gasteiger partial charge is 0.465 e. The van der Waals surface area contributed by atoms with Gasteiger partial charge < -0.3 is 9.15 Å². The van der Waals surface area contributed by atoms with Gasteiger partial charge in [-0.3, -0.25) is 9.69 Å². The van der Waals surface area contributed by atoms with Crippen molar-refractivity contribution in [2.45, 2.75) is 27.3 Å². The third-order valence-corrected chi connectivity index (χ3v) is 4.81. The summed E-state index contributed by atoms with van der Waals surface area (Å²) in [4.78, 5) is 15.2. The van der Waals surface area contributed by atoms with E-state index in [1.165, 1.54) is 11.1 Å². The van der Waals surface area contributed by atoms with Gasteiger partial charge in [-0.1, -0.05) is 6.07 Å². The van der Waals surface area contributed by atoms with Gasteiger partial charge in [0.1, 0.15) is 5.76 Å². The number of ketones is 1. The molecule has 2 heterocycles. The van der Waals surface area contributed by atoms with Gasteiger partial charge in [0.25, 0.3) is 0 Å². The number of carbonyl (C=O) groups is 1. The second-order valence-electron chi connectivity index (χ2n) is 6.59. The molecule has 2 aromatic rings. The maximum absolute atomic E-state index is 12.8. The third kappa shape index (κ3) is 4.09. The predicted octanol–water partition coefficient (Wildman–Crippen LogP) is 3.93. The number of ether oxygens (including phenoxy) is 1. The van der Waals surface area contributed by atoms with Crippen LogP contribution < -0.4 is 0 Å². The minimum Gasteiger partial charge on any atom is -0.465 e. The molecule has 3 rings (SSSR count). The molecule has 0 N–H and O–H groups in total. The molecule has 1 aromatic heterocycles. The molecule has 1 aliphatic rings. The van der Waals surface area contributed by atoms with Gasteiger partial charge >= 0.3 is 0 Å². The average Bonchev–Trinajstić information content (AvgIpc) is 3.11. The van der Waals surface area contributed by atoms with Crippen molar-refractivity contribution in [1.29, 1.82) is 0 Å². The van der Waals surface area contributed by atoms with Crippen LogP contribution in [0.1, 0.15) is 38.4 Å². The van der Waals surface area contributed by atoms with E-state index in [0.29, 0.717) is 5.76 Å². The van der Waals surface area contributed by atoms with E-state index in [9.17, 15) is 4.79 Å². The van der Waals surface area contributed by atoms with Crippen LogP contribution in [-0.4, -0.2) is 37.0 Å². The van der Waals surface area contributed by atoms with E-state index in [2.05, 4.69) is 24.8 Å². The first-order valence-electron chi connectivity index (χ1n) is 8.72. The second kappa shape index (κ2) is 7.81. The molecule has 0 radical (unpaired) electrons. The van der Waals surface area contributed by atoms with Gasteiger partial charge in [0, 0.05) is 25.2 Å². The summed E-state index contributed by atoms with van der Waals surface area (Å²) in [6.45, 7) is 10.5. The maximum Gasteiger partial charge on any atom is 0.186 e. The first-order valence-corrected chi connectivity index (χ1v) is 8.72. The van der Waals surface area contributed by atoms with E-state index in [4.69, 9.17) is 9.15 Å². The zero-order valence-corrected chi connectivity index (χ0v) is 15.2. The predicted molar refractivity (Wildman–Crippen MR) is 98.8 cm³/mol. The lowest BCUT2D eigenvalue weighted by molar-refractivity contribution is 0.0340. The van der Waals surface area contributed by atoms with Gasteiger partial charge in [0.05, 0.1) is 19.5 Å². The van der Waals surface area contributed by atoms with Gasteiger partial charge in [-0.2, -0.15) is 0 Å². The fraction of sp³-hybridized carbons (Fsp3) is 0.381. The maximum atomic E-state index is 12.8. The van der Waals surface area contributed by atoms with Crippen molar-refractivity contribution in [1.82, 2.24) is 4.90 Å². The number of rotatable bonds is 5. The molecular formula is C21H25NO3. The van der Waals surface area contributed by atoms with Crippen LogP contribution in [0.15, 0.2) is 35.0 Å². The van der Waals surface area contributed by atoms with Gasteiger partial charge in [-0.25, -0.2) is 0 Å². The Bertz CT molecular complexity index is 769. The number of hydrogen-bond acceptors (Lipinski definition) is 4. The number of allylic oxidation sites excluding steroid dienone is 1. The number of benzene rings is 1. The molecule has 1 fully saturated rings. The van der Waals surface area contributed by atoms with Crippen molar-refractivity contribution >= 4 is 11.9 Å². The van der Waals surface area contributed by atoms with Gasteiger partial charge in [0.2, 0.25) is 0 Å². The van der Waals surface area contributed by atoms with Crippen LogP contribution in [0.25, 0.3) is 6.08 Å². The number of aryl methyl sites for hydroxylation is 2. The van der Waals surface area contributed by atoms with Crippen LogP contribution in [0.5, 0.6) is 0 Å². The summed E-state index contributed by atoms with van der Waals surface area (Å²) < 4.78 is 10.7. The molecule has 4 nitrogen and oxygen atoms in total. The molecule has 1 aromatic carbocycles. The second-order valence-corrected chi connectivity index (χ2v) is 6.59. The Morgan fingerprint density at radius 1 is 1.20 bits per heavy atom. The fourth-order valence-corrected chi connectivity index (χ4v) is 3.46. The lowest BCUT2D eigenvalue weighted by atomic mass is 9.90. The zero-order valence-electron chi connectivity index (χ0n) is 15.2. The number of hydrogen-bond donors (Lipinski definition) is 0. The standard InChI is InChI=1S/C21H25NO3/c1-15-13-16(2)21(20(23)7-6-18-5-4-10-25-18)17(3)19(15)14-22-8-11-24-12-9-22/h4-7,10,13H,8-9,11-12,14H2,1-3H3. The third-order valence-electron chi connectivity index (χ3n) is 4.81. The van der Waals surface area contributed by atoms with Gasteiger partial charge in [0.15, 0.2) is 5.78 Å². The molecule has 4 heteroatoms. The van der Waals surface area contributed by atoms with E-state index in [0.717, 1.165) is 49.5 Å². The van der Waals surface area contributed by atoms with E-state index >= 15 is 0 Å². The molecular weight excluding hydrogens is 314 g/mol. The minimum atomic E-state index is 0.0228. The normalized spacial score (nSPS) is 15.8. The Balaban J connectivity index is 1.88. The average molecular weight is 339 g/mol. The summed E-state index contributed by atoms with van der Waals surface area (Å²) in [6.07, 6.45) is 4.93. The van der Waals surface area contributed by atoms with Crippen LogP contribution in [0.2, 0.25) is 0 Å². The van der Waals surface area contributed by atoms with Crippen molar-refractivity contribution in [2.75, 3.05) is 26.3 Å². The van der Waals surface area contributed by atoms with Crippen LogP contribution >= 0.6 is 0 Å². The van der Waals surface area contributed by atoms with Crippen LogP contribution in [0, 0.1) is 20.8 Å². The van der Waals surface area contributed by atoms with Gasteiger partial charge in [-0.05, 0) is 67.3 Å². The summed E-state index contributed by atoms with van der Waals surface area (Å²) in [5.41, 5.74) is 5.40. The number of morpholine rings is 1. The first kappa shape index (κ1) is 17.6. The first-order chi connectivity index (χ1) is 12.1. The Kier molecular flexibility index (Phi) is 5.51. The van der Waals surface area contributed by atoms with E-state index in [1.807, 2.05) is 19.1 Å². The molecule has 0 unspecified atom stereocenters. The molecule has 0 saturated carbocycles. The highest BCUT2D eigenvalue weighted by Gasteiger charge is 2.18. The lowest BCUT2D eigenvalue weighted by Gasteiger charge is -2.28. The quantitative estimate of drug-likeness (QED) is 0.611. The number of furan rings is 1. The molecule has 1 saturated heterocycles. The Morgan fingerprint density at radius 3 is 2.64 bits per heavy atom. The summed E-state index contributed by atoms with van der Waals surface area (Å²) in [5.74, 6) is 0.707. The molecule has 0 atom stereocenters. The highest BCUT2D eigenvalue weighted by molar-refractivity contribution is 6.08. The smallest absolute Gasteiger partial charge is 0.186 e. The molecule has 0 aliphatic carbocycles. The van der Waals surface area contributed by atoms with Crippen molar-refractivity contribution in [3.05, 3.63) is 64.1 Å². The topological polar surface area (TPSA) is 42.7 Å². The molecule has 0 bridgehead atoms. The Morgan fingerprint density at radius 2 is 1.96 bits per heavy atom. The minimum absolute atomic E-state index is 0.0228. The van der Waals surface area contributed by atoms with Crippen LogP contribution in [0.4, 0.5) is 0 Å². The monoisotopic (exact) mass is 339 g/mol. The van der Waals surface area contributed by atoms with Crippen molar-refractivity contribution < 1.29 is 13.9 Å². The van der Waals surface area contributed by atoms with E-state index in [1.54, 1.807) is 18.4 Å². The van der Waals surface area contributed by atoms with Gasteiger partial charge in [-0.15, -0.1) is 0 Å². The molecule has 0 amide bonds. The van der Waals surface area contributed by atoms with Crippen LogP contribution in [-0.2, 0) is 11.3 Å². The lowest BCUT2D eigenvalue weighted by Crippen LogP contribution is -2.36. The highest BCUT2D eigenvalue weighted by Crippen LogP contribution is 2.25. The summed E-state index contributed by atoms with van der Waals surface area (Å²) >= 11 is 0. The SMILES string of the molecule is Cc1cc(C)c(C(=O)C=Cc2ccco2)c(C)c1CN1CCOCC1.